The van der Waals surface area contributed by atoms with Crippen LogP contribution in [-0.2, 0) is 12.8 Å². The van der Waals surface area contributed by atoms with E-state index in [1.54, 1.807) is 0 Å². The summed E-state index contributed by atoms with van der Waals surface area (Å²) in [6, 6.07) is 6.39. The summed E-state index contributed by atoms with van der Waals surface area (Å²) in [6.45, 7) is 8.68. The zero-order valence-corrected chi connectivity index (χ0v) is 9.75. The monoisotopic (exact) mass is 204 g/mol. The van der Waals surface area contributed by atoms with Crippen LogP contribution in [0.4, 0.5) is 0 Å². The first-order chi connectivity index (χ1) is 7.31. The summed E-state index contributed by atoms with van der Waals surface area (Å²) in [5.41, 5.74) is 2.81. The van der Waals surface area contributed by atoms with Gasteiger partial charge in [0.1, 0.15) is 5.75 Å². The Labute approximate surface area is 92.8 Å². The van der Waals surface area contributed by atoms with E-state index in [9.17, 15) is 0 Å². The fourth-order valence-corrected chi connectivity index (χ4v) is 1.69. The number of aryl methyl sites for hydroxylation is 2. The molecule has 0 spiro atoms. The average molecular weight is 204 g/mol. The van der Waals surface area contributed by atoms with Crippen molar-refractivity contribution in [2.45, 2.75) is 33.1 Å². The van der Waals surface area contributed by atoms with Crippen LogP contribution in [0.3, 0.4) is 0 Å². The maximum Gasteiger partial charge on any atom is 0.119 e. The molecule has 0 aliphatic rings. The zero-order chi connectivity index (χ0) is 11.1. The molecule has 1 aromatic carbocycles. The number of rotatable bonds is 6. The highest BCUT2D eigenvalue weighted by Gasteiger charge is 2.02. The SMILES string of the molecule is C=CCCc1ccc(OCC)cc1CC. The molecule has 0 aliphatic carbocycles. The van der Waals surface area contributed by atoms with Crippen LogP contribution in [0.2, 0.25) is 0 Å². The van der Waals surface area contributed by atoms with Crippen molar-refractivity contribution in [2.75, 3.05) is 6.61 Å². The molecule has 0 unspecified atom stereocenters. The van der Waals surface area contributed by atoms with Gasteiger partial charge in [-0.2, -0.15) is 0 Å². The van der Waals surface area contributed by atoms with Crippen LogP contribution < -0.4 is 4.74 Å². The molecule has 1 nitrogen and oxygen atoms in total. The van der Waals surface area contributed by atoms with Gasteiger partial charge in [-0.25, -0.2) is 0 Å². The minimum atomic E-state index is 0.731. The van der Waals surface area contributed by atoms with E-state index in [0.29, 0.717) is 0 Å². The summed E-state index contributed by atoms with van der Waals surface area (Å²) >= 11 is 0. The molecule has 0 fully saturated rings. The Kier molecular flexibility index (Phi) is 4.96. The first kappa shape index (κ1) is 11.8. The number of hydrogen-bond acceptors (Lipinski definition) is 1. The Balaban J connectivity index is 2.82. The highest BCUT2D eigenvalue weighted by Crippen LogP contribution is 2.20. The van der Waals surface area contributed by atoms with Gasteiger partial charge in [0, 0.05) is 0 Å². The van der Waals surface area contributed by atoms with Crippen LogP contribution in [0.5, 0.6) is 5.75 Å². The number of ether oxygens (including phenoxy) is 1. The van der Waals surface area contributed by atoms with Crippen molar-refractivity contribution < 1.29 is 4.74 Å². The van der Waals surface area contributed by atoms with Crippen LogP contribution in [0.15, 0.2) is 30.9 Å². The fourth-order valence-electron chi connectivity index (χ4n) is 1.69. The fraction of sp³-hybridized carbons (Fsp3) is 0.429. The topological polar surface area (TPSA) is 9.23 Å². The van der Waals surface area contributed by atoms with Gasteiger partial charge in [-0.15, -0.1) is 6.58 Å². The second kappa shape index (κ2) is 6.28. The predicted molar refractivity (Wildman–Crippen MR) is 65.5 cm³/mol. The molecule has 0 aliphatic heterocycles. The van der Waals surface area contributed by atoms with Crippen LogP contribution in [0.1, 0.15) is 31.4 Å². The molecule has 82 valence electrons. The molecule has 0 amide bonds. The standard InChI is InChI=1S/C14H20O/c1-4-7-8-13-9-10-14(15-6-3)11-12(13)5-2/h4,9-11H,1,5-8H2,2-3H3. The van der Waals surface area contributed by atoms with Crippen LogP contribution in [0.25, 0.3) is 0 Å². The van der Waals surface area contributed by atoms with Crippen LogP contribution in [0, 0.1) is 0 Å². The second-order valence-electron chi connectivity index (χ2n) is 3.54. The highest BCUT2D eigenvalue weighted by atomic mass is 16.5. The zero-order valence-electron chi connectivity index (χ0n) is 9.75. The maximum absolute atomic E-state index is 5.49. The Bertz CT molecular complexity index is 315. The Morgan fingerprint density at radius 3 is 2.67 bits per heavy atom. The summed E-state index contributed by atoms with van der Waals surface area (Å²) in [5.74, 6) is 0.983. The van der Waals surface area contributed by atoms with Gasteiger partial charge in [-0.1, -0.05) is 19.1 Å². The molecular weight excluding hydrogens is 184 g/mol. The molecule has 1 rings (SSSR count). The van der Waals surface area contributed by atoms with Gasteiger partial charge in [0.05, 0.1) is 6.61 Å². The van der Waals surface area contributed by atoms with Gasteiger partial charge in [-0.05, 0) is 49.4 Å². The molecule has 0 radical (unpaired) electrons. The van der Waals surface area contributed by atoms with E-state index in [2.05, 4.69) is 31.7 Å². The number of allylic oxidation sites excluding steroid dienone is 1. The van der Waals surface area contributed by atoms with Crippen LogP contribution in [-0.4, -0.2) is 6.61 Å². The lowest BCUT2D eigenvalue weighted by Crippen LogP contribution is -1.96. The van der Waals surface area contributed by atoms with Crippen molar-refractivity contribution in [1.29, 1.82) is 0 Å². The second-order valence-corrected chi connectivity index (χ2v) is 3.54. The lowest BCUT2D eigenvalue weighted by molar-refractivity contribution is 0.340. The van der Waals surface area contributed by atoms with E-state index < -0.39 is 0 Å². The molecule has 0 bridgehead atoms. The van der Waals surface area contributed by atoms with Crippen molar-refractivity contribution in [3.8, 4) is 5.75 Å². The third-order valence-corrected chi connectivity index (χ3v) is 2.49. The lowest BCUT2D eigenvalue weighted by Gasteiger charge is -2.10. The molecule has 0 atom stereocenters. The van der Waals surface area contributed by atoms with Gasteiger partial charge >= 0.3 is 0 Å². The van der Waals surface area contributed by atoms with Gasteiger partial charge in [0.15, 0.2) is 0 Å². The molecule has 15 heavy (non-hydrogen) atoms. The Morgan fingerprint density at radius 1 is 1.27 bits per heavy atom. The first-order valence-corrected chi connectivity index (χ1v) is 5.67. The van der Waals surface area contributed by atoms with Gasteiger partial charge in [-0.3, -0.25) is 0 Å². The van der Waals surface area contributed by atoms with Gasteiger partial charge in [0.2, 0.25) is 0 Å². The van der Waals surface area contributed by atoms with E-state index in [1.807, 2.05) is 13.0 Å². The van der Waals surface area contributed by atoms with E-state index in [1.165, 1.54) is 11.1 Å². The summed E-state index contributed by atoms with van der Waals surface area (Å²) in [6.07, 6.45) is 5.16. The van der Waals surface area contributed by atoms with Crippen LogP contribution >= 0.6 is 0 Å². The molecule has 0 saturated carbocycles. The maximum atomic E-state index is 5.49. The first-order valence-electron chi connectivity index (χ1n) is 5.67. The summed E-state index contributed by atoms with van der Waals surface area (Å²) in [7, 11) is 0. The summed E-state index contributed by atoms with van der Waals surface area (Å²) in [5, 5.41) is 0. The summed E-state index contributed by atoms with van der Waals surface area (Å²) < 4.78 is 5.49. The highest BCUT2D eigenvalue weighted by molar-refractivity contribution is 5.36. The van der Waals surface area contributed by atoms with E-state index >= 15 is 0 Å². The molecule has 0 aromatic heterocycles. The molecule has 0 saturated heterocycles. The lowest BCUT2D eigenvalue weighted by atomic mass is 10.0. The third-order valence-electron chi connectivity index (χ3n) is 2.49. The van der Waals surface area contributed by atoms with Crippen molar-refractivity contribution in [2.24, 2.45) is 0 Å². The predicted octanol–water partition coefficient (Wildman–Crippen LogP) is 3.77. The molecule has 1 aromatic rings. The average Bonchev–Trinajstić information content (AvgIpc) is 2.27. The van der Waals surface area contributed by atoms with Crippen molar-refractivity contribution in [3.63, 3.8) is 0 Å². The Hall–Kier alpha value is -1.24. The van der Waals surface area contributed by atoms with Crippen molar-refractivity contribution >= 4 is 0 Å². The number of benzene rings is 1. The van der Waals surface area contributed by atoms with Gasteiger partial charge in [0.25, 0.3) is 0 Å². The minimum Gasteiger partial charge on any atom is -0.494 e. The largest absolute Gasteiger partial charge is 0.494 e. The van der Waals surface area contributed by atoms with E-state index in [4.69, 9.17) is 4.74 Å². The van der Waals surface area contributed by atoms with Gasteiger partial charge < -0.3 is 4.74 Å². The summed E-state index contributed by atoms with van der Waals surface area (Å²) in [4.78, 5) is 0. The van der Waals surface area contributed by atoms with E-state index in [0.717, 1.165) is 31.6 Å². The quantitative estimate of drug-likeness (QED) is 0.641. The molecular formula is C14H20O. The smallest absolute Gasteiger partial charge is 0.119 e. The molecule has 1 heteroatoms. The molecule has 0 N–H and O–H groups in total. The van der Waals surface area contributed by atoms with Crippen molar-refractivity contribution in [3.05, 3.63) is 42.0 Å². The van der Waals surface area contributed by atoms with Crippen molar-refractivity contribution in [1.82, 2.24) is 0 Å². The van der Waals surface area contributed by atoms with E-state index in [-0.39, 0.29) is 0 Å². The third kappa shape index (κ3) is 3.43. The number of hydrogen-bond donors (Lipinski definition) is 0. The molecule has 0 heterocycles. The normalized spacial score (nSPS) is 10.0. The Morgan fingerprint density at radius 2 is 2.07 bits per heavy atom. The minimum absolute atomic E-state index is 0.731.